The van der Waals surface area contributed by atoms with Gasteiger partial charge in [0.1, 0.15) is 24.4 Å². The molecule has 0 spiro atoms. The molecule has 9 heteroatoms. The number of aliphatic hydroxyl groups is 5. The van der Waals surface area contributed by atoms with Crippen molar-refractivity contribution in [1.82, 2.24) is 5.32 Å². The molecule has 1 aliphatic heterocycles. The van der Waals surface area contributed by atoms with Gasteiger partial charge in [-0.1, -0.05) is 299 Å². The van der Waals surface area contributed by atoms with Crippen LogP contribution in [0.1, 0.15) is 322 Å². The van der Waals surface area contributed by atoms with Gasteiger partial charge in [-0.25, -0.2) is 0 Å². The van der Waals surface area contributed by atoms with Crippen LogP contribution >= 0.6 is 0 Å². The van der Waals surface area contributed by atoms with Crippen LogP contribution in [0.25, 0.3) is 0 Å². The number of ether oxygens (including phenoxy) is 2. The van der Waals surface area contributed by atoms with Crippen LogP contribution in [0, 0.1) is 0 Å². The Morgan fingerprint density at radius 1 is 0.430 bits per heavy atom. The average Bonchev–Trinajstić information content (AvgIpc) is 3.47. The molecule has 79 heavy (non-hydrogen) atoms. The van der Waals surface area contributed by atoms with Crippen molar-refractivity contribution < 1.29 is 39.8 Å². The average molecular weight is 1110 g/mol. The summed E-state index contributed by atoms with van der Waals surface area (Å²) in [6.07, 6.45) is 74.7. The van der Waals surface area contributed by atoms with Crippen molar-refractivity contribution in [3.05, 3.63) is 60.8 Å². The molecule has 7 unspecified atom stereocenters. The normalized spacial score (nSPS) is 18.9. The molecule has 7 atom stereocenters. The summed E-state index contributed by atoms with van der Waals surface area (Å²) in [4.78, 5) is 13.1. The number of unbranched alkanes of at least 4 members (excludes halogenated alkanes) is 41. The molecule has 0 aromatic rings. The Bertz CT molecular complexity index is 1430. The van der Waals surface area contributed by atoms with E-state index < -0.39 is 49.5 Å². The van der Waals surface area contributed by atoms with E-state index >= 15 is 0 Å². The van der Waals surface area contributed by atoms with Gasteiger partial charge in [0.2, 0.25) is 5.91 Å². The molecule has 0 aromatic heterocycles. The van der Waals surface area contributed by atoms with Crippen molar-refractivity contribution in [1.29, 1.82) is 0 Å². The van der Waals surface area contributed by atoms with Crippen LogP contribution in [0.2, 0.25) is 0 Å². The van der Waals surface area contributed by atoms with E-state index in [1.165, 1.54) is 250 Å². The van der Waals surface area contributed by atoms with Crippen molar-refractivity contribution >= 4 is 5.91 Å². The zero-order valence-electron chi connectivity index (χ0n) is 51.6. The number of allylic oxidation sites excluding steroid dienone is 9. The number of amides is 1. The first-order valence-corrected chi connectivity index (χ1v) is 34.0. The number of carbonyl (C=O) groups excluding carboxylic acids is 1. The number of nitrogens with one attached hydrogen (secondary N) is 1. The van der Waals surface area contributed by atoms with Gasteiger partial charge in [-0.15, -0.1) is 0 Å². The highest BCUT2D eigenvalue weighted by molar-refractivity contribution is 5.76. The van der Waals surface area contributed by atoms with Crippen molar-refractivity contribution in [3.8, 4) is 0 Å². The van der Waals surface area contributed by atoms with Crippen LogP contribution in [-0.2, 0) is 14.3 Å². The summed E-state index contributed by atoms with van der Waals surface area (Å²) in [6.45, 7) is 3.78. The Balaban J connectivity index is 2.12. The van der Waals surface area contributed by atoms with Crippen LogP contribution in [0.3, 0.4) is 0 Å². The lowest BCUT2D eigenvalue weighted by atomic mass is 9.99. The lowest BCUT2D eigenvalue weighted by Gasteiger charge is -2.40. The van der Waals surface area contributed by atoms with E-state index in [1.54, 1.807) is 6.08 Å². The lowest BCUT2D eigenvalue weighted by molar-refractivity contribution is -0.302. The number of hydrogen-bond acceptors (Lipinski definition) is 8. The van der Waals surface area contributed by atoms with Gasteiger partial charge >= 0.3 is 0 Å². The fourth-order valence-corrected chi connectivity index (χ4v) is 10.7. The Morgan fingerprint density at radius 2 is 0.759 bits per heavy atom. The third-order valence-electron chi connectivity index (χ3n) is 16.0. The van der Waals surface area contributed by atoms with Crippen LogP contribution in [0.5, 0.6) is 0 Å². The van der Waals surface area contributed by atoms with Crippen molar-refractivity contribution in [2.45, 2.75) is 365 Å². The molecule has 1 rings (SSSR count). The molecule has 0 aliphatic carbocycles. The summed E-state index contributed by atoms with van der Waals surface area (Å²) < 4.78 is 11.3. The molecule has 1 saturated heterocycles. The zero-order valence-corrected chi connectivity index (χ0v) is 51.6. The summed E-state index contributed by atoms with van der Waals surface area (Å²) >= 11 is 0. The van der Waals surface area contributed by atoms with Crippen molar-refractivity contribution in [2.75, 3.05) is 13.2 Å². The molecule has 6 N–H and O–H groups in total. The molecule has 9 nitrogen and oxygen atoms in total. The number of carbonyl (C=O) groups is 1. The maximum absolute atomic E-state index is 13.1. The molecule has 0 bridgehead atoms. The first kappa shape index (κ1) is 74.9. The number of aliphatic hydroxyl groups excluding tert-OH is 5. The highest BCUT2D eigenvalue weighted by Crippen LogP contribution is 2.23. The Hall–Kier alpha value is -2.11. The third-order valence-corrected chi connectivity index (χ3v) is 16.0. The van der Waals surface area contributed by atoms with E-state index in [1.807, 2.05) is 6.08 Å². The van der Waals surface area contributed by atoms with Gasteiger partial charge in [0.05, 0.1) is 25.4 Å². The number of rotatable bonds is 59. The first-order valence-electron chi connectivity index (χ1n) is 34.0. The summed E-state index contributed by atoms with van der Waals surface area (Å²) in [5.74, 6) is -0.186. The summed E-state index contributed by atoms with van der Waals surface area (Å²) in [6, 6.07) is -0.829. The smallest absolute Gasteiger partial charge is 0.220 e. The van der Waals surface area contributed by atoms with E-state index in [-0.39, 0.29) is 12.5 Å². The monoisotopic (exact) mass is 1110 g/mol. The number of hydrogen-bond donors (Lipinski definition) is 6. The Kier molecular flexibility index (Phi) is 56.0. The van der Waals surface area contributed by atoms with Gasteiger partial charge in [-0.05, 0) is 77.0 Å². The second kappa shape index (κ2) is 59.1. The molecule has 1 amide bonds. The quantitative estimate of drug-likeness (QED) is 0.0261. The third kappa shape index (κ3) is 48.0. The summed E-state index contributed by atoms with van der Waals surface area (Å²) in [5, 5.41) is 54.6. The second-order valence-corrected chi connectivity index (χ2v) is 23.6. The molecule has 0 saturated carbocycles. The Morgan fingerprint density at radius 3 is 1.14 bits per heavy atom. The van der Waals surface area contributed by atoms with Crippen molar-refractivity contribution in [3.63, 3.8) is 0 Å². The van der Waals surface area contributed by atoms with E-state index in [0.29, 0.717) is 6.42 Å². The standard InChI is InChI=1S/C70H129NO8/c1-3-5-7-9-11-13-15-17-19-21-23-25-26-27-28-29-30-31-32-33-34-35-36-37-38-40-42-44-46-48-50-52-54-56-58-60-66(74)71-63(62-78-70-69(77)68(76)67(75)65(61-72)79-70)64(73)59-57-55-53-51-49-47-45-43-41-39-24-22-20-18-16-14-12-10-8-6-4-2/h15,17,21,23,41,43,49,51,57,59,63-65,67-70,72-73,75-77H,3-14,16,18-20,22,24-40,42,44-48,50,52-56,58,60-62H2,1-2H3,(H,71,74)/b17-15-,23-21-,43-41+,51-49+,59-57+. The Labute approximate surface area is 487 Å². The van der Waals surface area contributed by atoms with Crippen LogP contribution in [0.4, 0.5) is 0 Å². The van der Waals surface area contributed by atoms with E-state index in [2.05, 4.69) is 67.8 Å². The van der Waals surface area contributed by atoms with Gasteiger partial charge in [-0.3, -0.25) is 4.79 Å². The highest BCUT2D eigenvalue weighted by atomic mass is 16.7. The summed E-state index contributed by atoms with van der Waals surface area (Å²) in [5.41, 5.74) is 0. The molecule has 0 radical (unpaired) electrons. The van der Waals surface area contributed by atoms with Gasteiger partial charge in [-0.2, -0.15) is 0 Å². The van der Waals surface area contributed by atoms with E-state index in [4.69, 9.17) is 9.47 Å². The maximum atomic E-state index is 13.1. The lowest BCUT2D eigenvalue weighted by Crippen LogP contribution is -2.60. The minimum Gasteiger partial charge on any atom is -0.394 e. The molecule has 1 fully saturated rings. The molecule has 1 aliphatic rings. The van der Waals surface area contributed by atoms with E-state index in [0.717, 1.165) is 51.4 Å². The second-order valence-electron chi connectivity index (χ2n) is 23.6. The largest absolute Gasteiger partial charge is 0.394 e. The molecular weight excluding hydrogens is 983 g/mol. The predicted molar refractivity (Wildman–Crippen MR) is 336 cm³/mol. The summed E-state index contributed by atoms with van der Waals surface area (Å²) in [7, 11) is 0. The van der Waals surface area contributed by atoms with Gasteiger partial charge in [0.15, 0.2) is 6.29 Å². The molecule has 0 aromatic carbocycles. The maximum Gasteiger partial charge on any atom is 0.220 e. The fraction of sp³-hybridized carbons (Fsp3) is 0.843. The molecule has 1 heterocycles. The van der Waals surface area contributed by atoms with Gasteiger partial charge < -0.3 is 40.3 Å². The highest BCUT2D eigenvalue weighted by Gasteiger charge is 2.44. The van der Waals surface area contributed by atoms with Gasteiger partial charge in [0, 0.05) is 6.42 Å². The van der Waals surface area contributed by atoms with Crippen LogP contribution in [-0.4, -0.2) is 87.5 Å². The molecule has 462 valence electrons. The zero-order chi connectivity index (χ0) is 57.2. The first-order chi connectivity index (χ1) is 38.8. The molecular formula is C70H129NO8. The fourth-order valence-electron chi connectivity index (χ4n) is 10.7. The topological polar surface area (TPSA) is 149 Å². The van der Waals surface area contributed by atoms with Crippen LogP contribution < -0.4 is 5.32 Å². The van der Waals surface area contributed by atoms with Crippen molar-refractivity contribution in [2.24, 2.45) is 0 Å². The van der Waals surface area contributed by atoms with Crippen LogP contribution in [0.15, 0.2) is 60.8 Å². The minimum atomic E-state index is -1.58. The minimum absolute atomic E-state index is 0.186. The SMILES string of the molecule is CCCCCCC/C=C\C/C=C\CCCCCCCCCCCCCCCCCCCCCCCCCC(=O)NC(COC1OC(CO)C(O)C(O)C1O)C(O)/C=C/CC/C=C/CC/C=C/CCCCCCCCCCCCC. The van der Waals surface area contributed by atoms with Gasteiger partial charge in [0.25, 0.3) is 0 Å². The predicted octanol–water partition coefficient (Wildman–Crippen LogP) is 18.2. The van der Waals surface area contributed by atoms with E-state index in [9.17, 15) is 30.3 Å².